The number of amides is 1. The maximum Gasteiger partial charge on any atom is 0.255 e. The van der Waals surface area contributed by atoms with Crippen LogP contribution in [0.5, 0.6) is 5.75 Å². The van der Waals surface area contributed by atoms with Gasteiger partial charge in [-0.05, 0) is 32.2 Å². The van der Waals surface area contributed by atoms with E-state index in [0.29, 0.717) is 22.9 Å². The van der Waals surface area contributed by atoms with Gasteiger partial charge in [0.15, 0.2) is 0 Å². The molecule has 4 nitrogen and oxygen atoms in total. The molecule has 18 heavy (non-hydrogen) atoms. The van der Waals surface area contributed by atoms with Crippen molar-refractivity contribution in [2.45, 2.75) is 13.0 Å². The van der Waals surface area contributed by atoms with E-state index in [1.807, 2.05) is 14.0 Å². The van der Waals surface area contributed by atoms with Crippen molar-refractivity contribution in [2.24, 2.45) is 0 Å². The van der Waals surface area contributed by atoms with Gasteiger partial charge >= 0.3 is 0 Å². The molecule has 0 aliphatic rings. The van der Waals surface area contributed by atoms with Gasteiger partial charge in [-0.15, -0.1) is 12.4 Å². The predicted molar refractivity (Wildman–Crippen MR) is 76.1 cm³/mol. The van der Waals surface area contributed by atoms with Gasteiger partial charge in [0.05, 0.1) is 12.7 Å². The summed E-state index contributed by atoms with van der Waals surface area (Å²) in [5.74, 6) is 0.329. The van der Waals surface area contributed by atoms with Gasteiger partial charge in [-0.2, -0.15) is 0 Å². The molecule has 0 spiro atoms. The van der Waals surface area contributed by atoms with Crippen LogP contribution in [0.3, 0.4) is 0 Å². The summed E-state index contributed by atoms with van der Waals surface area (Å²) < 4.78 is 5.12. The number of halogens is 2. The second kappa shape index (κ2) is 8.19. The lowest BCUT2D eigenvalue weighted by atomic mass is 10.2. The Kier molecular flexibility index (Phi) is 7.75. The number of nitrogens with one attached hydrogen (secondary N) is 2. The molecule has 1 unspecified atom stereocenters. The van der Waals surface area contributed by atoms with E-state index < -0.39 is 0 Å². The Balaban J connectivity index is 0.00000289. The molecule has 0 heterocycles. The maximum absolute atomic E-state index is 11.9. The van der Waals surface area contributed by atoms with Crippen molar-refractivity contribution < 1.29 is 9.53 Å². The molecule has 0 radical (unpaired) electrons. The molecule has 102 valence electrons. The topological polar surface area (TPSA) is 50.4 Å². The van der Waals surface area contributed by atoms with E-state index in [4.69, 9.17) is 16.3 Å². The number of hydrogen-bond donors (Lipinski definition) is 2. The molecule has 0 aromatic heterocycles. The molecule has 1 rings (SSSR count). The number of hydrogen-bond acceptors (Lipinski definition) is 3. The Morgan fingerprint density at radius 3 is 2.72 bits per heavy atom. The molecule has 1 aromatic carbocycles. The Morgan fingerprint density at radius 1 is 1.50 bits per heavy atom. The maximum atomic E-state index is 11.9. The molecule has 1 atom stereocenters. The largest absolute Gasteiger partial charge is 0.496 e. The second-order valence-electron chi connectivity index (χ2n) is 3.74. The van der Waals surface area contributed by atoms with Gasteiger partial charge < -0.3 is 15.4 Å². The van der Waals surface area contributed by atoms with E-state index >= 15 is 0 Å². The summed E-state index contributed by atoms with van der Waals surface area (Å²) in [4.78, 5) is 11.9. The van der Waals surface area contributed by atoms with Crippen LogP contribution >= 0.6 is 24.0 Å². The number of likely N-dealkylation sites (N-methyl/N-ethyl adjacent to an activating group) is 1. The molecule has 0 aliphatic carbocycles. The first-order valence-corrected chi connectivity index (χ1v) is 5.75. The van der Waals surface area contributed by atoms with Crippen molar-refractivity contribution in [3.05, 3.63) is 28.8 Å². The van der Waals surface area contributed by atoms with E-state index in [-0.39, 0.29) is 24.4 Å². The average Bonchev–Trinajstić information content (AvgIpc) is 2.35. The van der Waals surface area contributed by atoms with Crippen LogP contribution in [-0.2, 0) is 0 Å². The van der Waals surface area contributed by atoms with Crippen molar-refractivity contribution in [1.82, 2.24) is 10.6 Å². The predicted octanol–water partition coefficient (Wildman–Crippen LogP) is 2.11. The highest BCUT2D eigenvalue weighted by Crippen LogP contribution is 2.22. The molecule has 0 saturated carbocycles. The Bertz CT molecular complexity index is 400. The molecule has 0 saturated heterocycles. The van der Waals surface area contributed by atoms with Gasteiger partial charge in [0.2, 0.25) is 0 Å². The van der Waals surface area contributed by atoms with E-state index in [1.54, 1.807) is 18.2 Å². The van der Waals surface area contributed by atoms with E-state index in [2.05, 4.69) is 10.6 Å². The average molecular weight is 293 g/mol. The van der Waals surface area contributed by atoms with Crippen LogP contribution in [0, 0.1) is 0 Å². The minimum atomic E-state index is -0.188. The van der Waals surface area contributed by atoms with Crippen molar-refractivity contribution in [1.29, 1.82) is 0 Å². The minimum absolute atomic E-state index is 0. The van der Waals surface area contributed by atoms with Crippen molar-refractivity contribution in [3.8, 4) is 5.75 Å². The summed E-state index contributed by atoms with van der Waals surface area (Å²) in [7, 11) is 3.37. The van der Waals surface area contributed by atoms with Crippen molar-refractivity contribution in [2.75, 3.05) is 20.7 Å². The summed E-state index contributed by atoms with van der Waals surface area (Å²) in [5.41, 5.74) is 0.448. The van der Waals surface area contributed by atoms with E-state index in [9.17, 15) is 4.79 Å². The van der Waals surface area contributed by atoms with Crippen LogP contribution < -0.4 is 15.4 Å². The van der Waals surface area contributed by atoms with Gasteiger partial charge in [0.25, 0.3) is 5.91 Å². The molecule has 1 aromatic rings. The zero-order valence-electron chi connectivity index (χ0n) is 10.6. The Labute approximate surface area is 118 Å². The van der Waals surface area contributed by atoms with Crippen LogP contribution in [-0.4, -0.2) is 32.7 Å². The van der Waals surface area contributed by atoms with Gasteiger partial charge in [-0.25, -0.2) is 0 Å². The third kappa shape index (κ3) is 4.72. The first-order valence-electron chi connectivity index (χ1n) is 5.37. The number of ether oxygens (including phenoxy) is 1. The standard InChI is InChI=1S/C12H17ClN2O2.ClH/c1-8(14-2)7-15-12(16)10-6-9(13)4-5-11(10)17-3;/h4-6,8,14H,7H2,1-3H3,(H,15,16);1H. The van der Waals surface area contributed by atoms with Crippen LogP contribution in [0.2, 0.25) is 5.02 Å². The minimum Gasteiger partial charge on any atom is -0.496 e. The van der Waals surface area contributed by atoms with Crippen LogP contribution in [0.1, 0.15) is 17.3 Å². The molecule has 6 heteroatoms. The van der Waals surface area contributed by atoms with Gasteiger partial charge in [-0.3, -0.25) is 4.79 Å². The number of benzene rings is 1. The van der Waals surface area contributed by atoms with Crippen molar-refractivity contribution >= 4 is 29.9 Å². The van der Waals surface area contributed by atoms with Gasteiger partial charge in [0.1, 0.15) is 5.75 Å². The highest BCUT2D eigenvalue weighted by atomic mass is 35.5. The third-order valence-electron chi connectivity index (χ3n) is 2.47. The van der Waals surface area contributed by atoms with E-state index in [0.717, 1.165) is 0 Å². The Morgan fingerprint density at radius 2 is 2.17 bits per heavy atom. The van der Waals surface area contributed by atoms with Crippen LogP contribution in [0.25, 0.3) is 0 Å². The lowest BCUT2D eigenvalue weighted by Crippen LogP contribution is -2.37. The van der Waals surface area contributed by atoms with Crippen LogP contribution in [0.15, 0.2) is 18.2 Å². The summed E-state index contributed by atoms with van der Waals surface area (Å²) in [6, 6.07) is 5.18. The quantitative estimate of drug-likeness (QED) is 0.874. The summed E-state index contributed by atoms with van der Waals surface area (Å²) in [6.45, 7) is 2.53. The third-order valence-corrected chi connectivity index (χ3v) is 2.70. The number of carbonyl (C=O) groups excluding carboxylic acids is 1. The van der Waals surface area contributed by atoms with Crippen LogP contribution in [0.4, 0.5) is 0 Å². The number of methoxy groups -OCH3 is 1. The number of carbonyl (C=O) groups is 1. The van der Waals surface area contributed by atoms with Crippen molar-refractivity contribution in [3.63, 3.8) is 0 Å². The highest BCUT2D eigenvalue weighted by molar-refractivity contribution is 6.31. The summed E-state index contributed by atoms with van der Waals surface area (Å²) in [6.07, 6.45) is 0. The summed E-state index contributed by atoms with van der Waals surface area (Å²) in [5, 5.41) is 6.36. The SMILES string of the molecule is CNC(C)CNC(=O)c1cc(Cl)ccc1OC.Cl. The van der Waals surface area contributed by atoms with Gasteiger partial charge in [-0.1, -0.05) is 11.6 Å². The molecular formula is C12H18Cl2N2O2. The second-order valence-corrected chi connectivity index (χ2v) is 4.18. The summed E-state index contributed by atoms with van der Waals surface area (Å²) >= 11 is 5.86. The normalized spacial score (nSPS) is 11.3. The molecule has 0 fully saturated rings. The first-order chi connectivity index (χ1) is 8.08. The highest BCUT2D eigenvalue weighted by Gasteiger charge is 2.13. The fourth-order valence-corrected chi connectivity index (χ4v) is 1.47. The van der Waals surface area contributed by atoms with E-state index in [1.165, 1.54) is 7.11 Å². The fraction of sp³-hybridized carbons (Fsp3) is 0.417. The first kappa shape index (κ1) is 17.0. The zero-order valence-corrected chi connectivity index (χ0v) is 12.2. The molecular weight excluding hydrogens is 275 g/mol. The Hall–Kier alpha value is -0.970. The zero-order chi connectivity index (χ0) is 12.8. The van der Waals surface area contributed by atoms with Gasteiger partial charge in [0, 0.05) is 17.6 Å². The fourth-order valence-electron chi connectivity index (χ4n) is 1.30. The molecule has 0 aliphatic heterocycles. The molecule has 1 amide bonds. The lowest BCUT2D eigenvalue weighted by Gasteiger charge is -2.13. The molecule has 0 bridgehead atoms. The lowest BCUT2D eigenvalue weighted by molar-refractivity contribution is 0.0947. The smallest absolute Gasteiger partial charge is 0.255 e. The molecule has 2 N–H and O–H groups in total. The monoisotopic (exact) mass is 292 g/mol. The number of rotatable bonds is 5.